The molecule has 0 atom stereocenters. The molecule has 65 heavy (non-hydrogen) atoms. The largest absolute Gasteiger partial charge is 0.309 e. The molecule has 0 bridgehead atoms. The Kier molecular flexibility index (Phi) is 7.88. The Morgan fingerprint density at radius 2 is 0.846 bits per heavy atom. The number of anilines is 3. The van der Waals surface area contributed by atoms with Crippen molar-refractivity contribution in [3.05, 3.63) is 233 Å². The van der Waals surface area contributed by atoms with Crippen molar-refractivity contribution in [1.82, 2.24) is 0 Å². The molecule has 9 aromatic carbocycles. The van der Waals surface area contributed by atoms with E-state index in [0.29, 0.717) is 0 Å². The summed E-state index contributed by atoms with van der Waals surface area (Å²) in [7, 11) is 0. The summed E-state index contributed by atoms with van der Waals surface area (Å²) in [6.07, 6.45) is 2.30. The zero-order valence-electron chi connectivity index (χ0n) is 38.3. The van der Waals surface area contributed by atoms with Crippen LogP contribution in [0.4, 0.5) is 17.1 Å². The van der Waals surface area contributed by atoms with E-state index < -0.39 is 5.41 Å². The second-order valence-electron chi connectivity index (χ2n) is 21.0. The molecule has 0 saturated heterocycles. The Bertz CT molecular complexity index is 3430. The molecule has 1 spiro atoms. The topological polar surface area (TPSA) is 3.24 Å². The Morgan fingerprint density at radius 1 is 0.338 bits per heavy atom. The van der Waals surface area contributed by atoms with E-state index in [1.165, 1.54) is 117 Å². The van der Waals surface area contributed by atoms with Crippen LogP contribution < -0.4 is 4.90 Å². The molecule has 13 rings (SSSR count). The zero-order chi connectivity index (χ0) is 44.0. The number of hydrogen-bond acceptors (Lipinski definition) is 1. The molecule has 0 N–H and O–H groups in total. The third-order valence-electron chi connectivity index (χ3n) is 16.3. The van der Waals surface area contributed by atoms with Crippen LogP contribution in [0.1, 0.15) is 98.9 Å². The molecule has 0 unspecified atom stereocenters. The fraction of sp³-hybridized carbons (Fsp3) is 0.188. The summed E-state index contributed by atoms with van der Waals surface area (Å²) in [5.41, 5.74) is 24.6. The van der Waals surface area contributed by atoms with Gasteiger partial charge in [-0.3, -0.25) is 0 Å². The van der Waals surface area contributed by atoms with Crippen molar-refractivity contribution < 1.29 is 0 Å². The van der Waals surface area contributed by atoms with E-state index in [2.05, 4.69) is 234 Å². The summed E-state index contributed by atoms with van der Waals surface area (Å²) in [6, 6.07) is 72.3. The third-order valence-corrected chi connectivity index (χ3v) is 16.3. The maximum atomic E-state index is 2.64. The van der Waals surface area contributed by atoms with Gasteiger partial charge in [-0.25, -0.2) is 0 Å². The molecule has 4 aliphatic rings. The molecule has 0 heterocycles. The third kappa shape index (κ3) is 5.10. The minimum Gasteiger partial charge on any atom is -0.309 e. The number of fused-ring (bicyclic) bond motifs is 15. The molecule has 1 heteroatoms. The lowest BCUT2D eigenvalue weighted by atomic mass is 9.61. The maximum Gasteiger partial charge on any atom is 0.0726 e. The second-order valence-corrected chi connectivity index (χ2v) is 21.0. The van der Waals surface area contributed by atoms with E-state index in [4.69, 9.17) is 0 Å². The molecule has 0 aliphatic heterocycles. The van der Waals surface area contributed by atoms with Gasteiger partial charge in [0.15, 0.2) is 0 Å². The standard InChI is InChI=1S/C64H53N/c1-61(2)35-36-62(3,4)60-48(26-18-31-55(60)61)50-38-49-46-25-12-16-30-54(46)64(52-28-14-10-23-44(52)45-24-11-15-29-53(45)64)57(49)39-59(50)65(58-32-17-20-40-19-7-8-21-42(40)58)41-33-34-47-43-22-9-13-27-51(43)63(5,6)56(47)37-41/h7-34,37-39H,35-36H2,1-6H3. The number of hydrogen-bond donors (Lipinski definition) is 0. The Labute approximate surface area is 384 Å². The molecule has 9 aromatic rings. The first-order valence-corrected chi connectivity index (χ1v) is 23.6. The molecule has 0 saturated carbocycles. The van der Waals surface area contributed by atoms with Gasteiger partial charge in [-0.1, -0.05) is 199 Å². The van der Waals surface area contributed by atoms with Crippen molar-refractivity contribution in [3.63, 3.8) is 0 Å². The fourth-order valence-corrected chi connectivity index (χ4v) is 13.1. The molecule has 0 aromatic heterocycles. The second kappa shape index (κ2) is 13.3. The van der Waals surface area contributed by atoms with Gasteiger partial charge < -0.3 is 4.90 Å². The van der Waals surface area contributed by atoms with Crippen LogP contribution in [-0.2, 0) is 21.7 Å². The zero-order valence-corrected chi connectivity index (χ0v) is 38.3. The average Bonchev–Trinajstić information content (AvgIpc) is 3.88. The van der Waals surface area contributed by atoms with Crippen LogP contribution in [0.2, 0.25) is 0 Å². The van der Waals surface area contributed by atoms with Gasteiger partial charge in [-0.05, 0) is 143 Å². The van der Waals surface area contributed by atoms with E-state index in [0.717, 1.165) is 12.8 Å². The summed E-state index contributed by atoms with van der Waals surface area (Å²) in [5.74, 6) is 0. The van der Waals surface area contributed by atoms with Crippen LogP contribution in [0.15, 0.2) is 188 Å². The molecular formula is C64H53N. The average molecular weight is 836 g/mol. The fourth-order valence-electron chi connectivity index (χ4n) is 13.1. The van der Waals surface area contributed by atoms with Crippen LogP contribution in [0.5, 0.6) is 0 Å². The van der Waals surface area contributed by atoms with Crippen LogP contribution in [0.3, 0.4) is 0 Å². The van der Waals surface area contributed by atoms with Gasteiger partial charge >= 0.3 is 0 Å². The summed E-state index contributed by atoms with van der Waals surface area (Å²) >= 11 is 0. The van der Waals surface area contributed by atoms with E-state index in [1.807, 2.05) is 0 Å². The molecular weight excluding hydrogens is 783 g/mol. The van der Waals surface area contributed by atoms with E-state index in [-0.39, 0.29) is 16.2 Å². The summed E-state index contributed by atoms with van der Waals surface area (Å²) in [5, 5.41) is 2.46. The minimum atomic E-state index is -0.490. The molecule has 314 valence electrons. The number of nitrogens with zero attached hydrogens (tertiary/aromatic N) is 1. The lowest BCUT2D eigenvalue weighted by Crippen LogP contribution is -2.34. The van der Waals surface area contributed by atoms with Crippen LogP contribution in [0.25, 0.3) is 55.3 Å². The van der Waals surface area contributed by atoms with Crippen LogP contribution >= 0.6 is 0 Å². The van der Waals surface area contributed by atoms with Crippen molar-refractivity contribution in [2.45, 2.75) is 76.0 Å². The lowest BCUT2D eigenvalue weighted by molar-refractivity contribution is 0.333. The van der Waals surface area contributed by atoms with Crippen LogP contribution in [-0.4, -0.2) is 0 Å². The molecule has 0 radical (unpaired) electrons. The highest BCUT2D eigenvalue weighted by molar-refractivity contribution is 6.05. The minimum absolute atomic E-state index is 0.0200. The van der Waals surface area contributed by atoms with Crippen molar-refractivity contribution >= 4 is 27.8 Å². The lowest BCUT2D eigenvalue weighted by Gasteiger charge is -2.43. The van der Waals surface area contributed by atoms with Gasteiger partial charge in [0, 0.05) is 22.1 Å². The maximum absolute atomic E-state index is 2.64. The predicted octanol–water partition coefficient (Wildman–Crippen LogP) is 17.0. The van der Waals surface area contributed by atoms with Gasteiger partial charge in [0.05, 0.1) is 16.8 Å². The van der Waals surface area contributed by atoms with Crippen molar-refractivity contribution in [3.8, 4) is 44.5 Å². The predicted molar refractivity (Wildman–Crippen MR) is 273 cm³/mol. The smallest absolute Gasteiger partial charge is 0.0726 e. The Morgan fingerprint density at radius 3 is 1.54 bits per heavy atom. The van der Waals surface area contributed by atoms with Crippen molar-refractivity contribution in [2.75, 3.05) is 4.90 Å². The number of benzene rings is 9. The van der Waals surface area contributed by atoms with Gasteiger partial charge in [0.25, 0.3) is 0 Å². The van der Waals surface area contributed by atoms with Gasteiger partial charge in [-0.15, -0.1) is 0 Å². The molecule has 0 fully saturated rings. The van der Waals surface area contributed by atoms with Crippen molar-refractivity contribution in [2.24, 2.45) is 0 Å². The first kappa shape index (κ1) is 38.5. The Balaban J connectivity index is 1.20. The van der Waals surface area contributed by atoms with Crippen molar-refractivity contribution in [1.29, 1.82) is 0 Å². The van der Waals surface area contributed by atoms with Gasteiger partial charge in [0.2, 0.25) is 0 Å². The first-order chi connectivity index (χ1) is 31.5. The number of rotatable bonds is 4. The molecule has 0 amide bonds. The molecule has 1 nitrogen and oxygen atoms in total. The SMILES string of the molecule is CC1(C)CCC(C)(C)c2c(-c3cc4c(cc3N(c3ccc5c(c3)C(C)(C)c3ccccc3-5)c3cccc5ccccc35)C3(c5ccccc5-c5ccccc53)c3ccccc3-4)cccc21. The highest BCUT2D eigenvalue weighted by Crippen LogP contribution is 2.65. The monoisotopic (exact) mass is 835 g/mol. The highest BCUT2D eigenvalue weighted by Gasteiger charge is 2.52. The highest BCUT2D eigenvalue weighted by atomic mass is 15.1. The van der Waals surface area contributed by atoms with Crippen LogP contribution in [0, 0.1) is 0 Å². The van der Waals surface area contributed by atoms with E-state index in [9.17, 15) is 0 Å². The van der Waals surface area contributed by atoms with Gasteiger partial charge in [-0.2, -0.15) is 0 Å². The quantitative estimate of drug-likeness (QED) is 0.171. The summed E-state index contributed by atoms with van der Waals surface area (Å²) < 4.78 is 0. The van der Waals surface area contributed by atoms with E-state index >= 15 is 0 Å². The summed E-state index contributed by atoms with van der Waals surface area (Å²) in [4.78, 5) is 2.64. The summed E-state index contributed by atoms with van der Waals surface area (Å²) in [6.45, 7) is 14.7. The van der Waals surface area contributed by atoms with Gasteiger partial charge in [0.1, 0.15) is 0 Å². The molecule has 4 aliphatic carbocycles. The van der Waals surface area contributed by atoms with E-state index in [1.54, 1.807) is 0 Å². The first-order valence-electron chi connectivity index (χ1n) is 23.6. The normalized spacial score (nSPS) is 16.8. The Hall–Kier alpha value is -6.96.